The lowest BCUT2D eigenvalue weighted by molar-refractivity contribution is -0.144. The van der Waals surface area contributed by atoms with E-state index in [-0.39, 0.29) is 47.3 Å². The van der Waals surface area contributed by atoms with Crippen LogP contribution in [0.5, 0.6) is 0 Å². The number of fused-ring (bicyclic) bond motifs is 2. The minimum absolute atomic E-state index is 0.0411. The number of nitrogens with two attached hydrogens (primary N) is 1. The first kappa shape index (κ1) is 38.7. The Hall–Kier alpha value is -3.52. The summed E-state index contributed by atoms with van der Waals surface area (Å²) in [6.07, 6.45) is 4.25. The summed E-state index contributed by atoms with van der Waals surface area (Å²) in [5.74, 6) is -3.11. The standard InChI is InChI=1S/C37H56N6O7S/c1-8-51(49,50)42(7)20-27(36(2,3)4)40-35(48)41-29(24-17-22-14-9-10-15-23(22)18-24)34(47)43-19-25-28(37(25,5)6)30(43)33(46)39-26(31(44)32(38)45)16-21-12-11-13-21/h9-10,14-15,21,24-30H,8,11-13,16-20H2,1-7H3,(H2,38,45)(H,39,46)(H2,40,41,48)/t25-,26?,27+,28-,29-,30-/m0/s1. The molecule has 51 heavy (non-hydrogen) atoms. The number of hydrogen-bond donors (Lipinski definition) is 4. The molecule has 1 aromatic rings. The molecule has 6 atom stereocenters. The molecule has 4 aliphatic rings. The number of carbonyl (C=O) groups excluding carboxylic acids is 5. The average molecular weight is 729 g/mol. The van der Waals surface area contributed by atoms with Gasteiger partial charge in [0.25, 0.3) is 5.91 Å². The van der Waals surface area contributed by atoms with Crippen molar-refractivity contribution in [3.05, 3.63) is 35.4 Å². The monoisotopic (exact) mass is 728 g/mol. The second-order valence-electron chi connectivity index (χ2n) is 16.8. The van der Waals surface area contributed by atoms with Crippen molar-refractivity contribution in [2.24, 2.45) is 40.2 Å². The van der Waals surface area contributed by atoms with Crippen molar-refractivity contribution in [1.29, 1.82) is 0 Å². The summed E-state index contributed by atoms with van der Waals surface area (Å²) in [6, 6.07) is 3.76. The van der Waals surface area contributed by atoms with Crippen molar-refractivity contribution in [3.8, 4) is 0 Å². The van der Waals surface area contributed by atoms with Gasteiger partial charge in [-0.05, 0) is 71.8 Å². The van der Waals surface area contributed by atoms with E-state index in [0.29, 0.717) is 25.8 Å². The smallest absolute Gasteiger partial charge is 0.315 e. The van der Waals surface area contributed by atoms with Crippen molar-refractivity contribution >= 4 is 39.6 Å². The molecule has 3 fully saturated rings. The number of ketones is 1. The molecule has 0 spiro atoms. The lowest BCUT2D eigenvalue weighted by Gasteiger charge is -2.37. The number of primary amides is 1. The molecule has 0 radical (unpaired) electrons. The maximum absolute atomic E-state index is 14.8. The summed E-state index contributed by atoms with van der Waals surface area (Å²) in [7, 11) is -2.03. The molecule has 5 rings (SSSR count). The second kappa shape index (κ2) is 14.5. The first-order valence-electron chi connectivity index (χ1n) is 18.3. The number of carbonyl (C=O) groups is 5. The third-order valence-corrected chi connectivity index (χ3v) is 14.0. The van der Waals surface area contributed by atoms with Crippen LogP contribution in [0, 0.1) is 34.5 Å². The van der Waals surface area contributed by atoms with E-state index in [1.165, 1.54) is 11.4 Å². The zero-order valence-electron chi connectivity index (χ0n) is 31.0. The fourth-order valence-corrected chi connectivity index (χ4v) is 9.21. The van der Waals surface area contributed by atoms with Crippen LogP contribution in [-0.4, -0.2) is 97.2 Å². The number of benzene rings is 1. The lowest BCUT2D eigenvalue weighted by atomic mass is 9.80. The molecule has 5 N–H and O–H groups in total. The predicted molar refractivity (Wildman–Crippen MR) is 192 cm³/mol. The topological polar surface area (TPSA) is 188 Å². The molecule has 1 unspecified atom stereocenters. The molecule has 1 aliphatic heterocycles. The number of urea groups is 1. The molecule has 3 aliphatic carbocycles. The molecule has 0 bridgehead atoms. The second-order valence-corrected chi connectivity index (χ2v) is 19.2. The maximum Gasteiger partial charge on any atom is 0.315 e. The highest BCUT2D eigenvalue weighted by Gasteiger charge is 2.70. The summed E-state index contributed by atoms with van der Waals surface area (Å²) in [5, 5.41) is 8.75. The predicted octanol–water partition coefficient (Wildman–Crippen LogP) is 1.98. The highest BCUT2D eigenvalue weighted by molar-refractivity contribution is 7.89. The van der Waals surface area contributed by atoms with Crippen LogP contribution >= 0.6 is 0 Å². The van der Waals surface area contributed by atoms with Gasteiger partial charge in [-0.15, -0.1) is 0 Å². The van der Waals surface area contributed by atoms with Gasteiger partial charge < -0.3 is 26.6 Å². The van der Waals surface area contributed by atoms with E-state index in [4.69, 9.17) is 5.73 Å². The van der Waals surface area contributed by atoms with Gasteiger partial charge in [0.15, 0.2) is 0 Å². The van der Waals surface area contributed by atoms with Crippen LogP contribution in [0.15, 0.2) is 24.3 Å². The van der Waals surface area contributed by atoms with Gasteiger partial charge in [-0.25, -0.2) is 17.5 Å². The zero-order chi connectivity index (χ0) is 37.6. The molecular formula is C37H56N6O7S. The number of sulfonamides is 1. The molecule has 2 saturated carbocycles. The summed E-state index contributed by atoms with van der Waals surface area (Å²) in [5.41, 5.74) is 6.81. The Morgan fingerprint density at radius 3 is 2.14 bits per heavy atom. The van der Waals surface area contributed by atoms with Gasteiger partial charge in [-0.2, -0.15) is 0 Å². The van der Waals surface area contributed by atoms with Crippen LogP contribution < -0.4 is 21.7 Å². The normalized spacial score (nSPS) is 24.5. The Bertz CT molecular complexity index is 1630. The fourth-order valence-electron chi connectivity index (χ4n) is 8.39. The maximum atomic E-state index is 14.8. The summed E-state index contributed by atoms with van der Waals surface area (Å²) >= 11 is 0. The average Bonchev–Trinajstić information content (AvgIpc) is 3.40. The minimum atomic E-state index is -3.51. The Balaban J connectivity index is 1.40. The van der Waals surface area contributed by atoms with E-state index in [0.717, 1.165) is 30.4 Å². The Kier molecular flexibility index (Phi) is 11.0. The molecule has 13 nitrogen and oxygen atoms in total. The van der Waals surface area contributed by atoms with Crippen LogP contribution in [-0.2, 0) is 42.0 Å². The van der Waals surface area contributed by atoms with Crippen LogP contribution in [0.3, 0.4) is 0 Å². The number of piperidine rings is 1. The van der Waals surface area contributed by atoms with Crippen molar-refractivity contribution in [3.63, 3.8) is 0 Å². The van der Waals surface area contributed by atoms with Gasteiger partial charge >= 0.3 is 6.03 Å². The van der Waals surface area contributed by atoms with Gasteiger partial charge in [-0.1, -0.05) is 78.1 Å². The largest absolute Gasteiger partial charge is 0.363 e. The van der Waals surface area contributed by atoms with Gasteiger partial charge in [-0.3, -0.25) is 19.2 Å². The Labute approximate surface area is 302 Å². The fraction of sp³-hybridized carbons (Fsp3) is 0.703. The molecule has 1 aromatic carbocycles. The number of likely N-dealkylation sites (N-methyl/N-ethyl adjacent to an activating group) is 1. The van der Waals surface area contributed by atoms with E-state index < -0.39 is 63.2 Å². The molecular weight excluding hydrogens is 673 g/mol. The molecule has 1 heterocycles. The Morgan fingerprint density at radius 1 is 1.02 bits per heavy atom. The van der Waals surface area contributed by atoms with Crippen molar-refractivity contribution in [2.45, 2.75) is 104 Å². The molecule has 0 aromatic heterocycles. The van der Waals surface area contributed by atoms with E-state index in [1.54, 1.807) is 11.8 Å². The molecule has 1 saturated heterocycles. The van der Waals surface area contributed by atoms with Crippen LogP contribution in [0.25, 0.3) is 0 Å². The van der Waals surface area contributed by atoms with Crippen molar-refractivity contribution in [1.82, 2.24) is 25.2 Å². The van der Waals surface area contributed by atoms with Gasteiger partial charge in [0.05, 0.1) is 11.8 Å². The number of nitrogens with one attached hydrogen (secondary N) is 3. The van der Waals surface area contributed by atoms with Crippen molar-refractivity contribution in [2.75, 3.05) is 25.9 Å². The lowest BCUT2D eigenvalue weighted by Crippen LogP contribution is -2.62. The van der Waals surface area contributed by atoms with E-state index in [9.17, 15) is 32.4 Å². The van der Waals surface area contributed by atoms with Crippen LogP contribution in [0.1, 0.15) is 78.4 Å². The molecule has 14 heteroatoms. The van der Waals surface area contributed by atoms with E-state index in [1.807, 2.05) is 45.0 Å². The number of likely N-dealkylation sites (tertiary alicyclic amines) is 1. The first-order chi connectivity index (χ1) is 23.8. The van der Waals surface area contributed by atoms with Gasteiger partial charge in [0, 0.05) is 26.2 Å². The molecule has 5 amide bonds. The third kappa shape index (κ3) is 8.11. The number of Topliss-reactive ketones (excluding diaryl/α,β-unsaturated/α-hetero) is 1. The Morgan fingerprint density at radius 2 is 1.63 bits per heavy atom. The minimum Gasteiger partial charge on any atom is -0.363 e. The quantitative estimate of drug-likeness (QED) is 0.211. The highest BCUT2D eigenvalue weighted by atomic mass is 32.2. The summed E-state index contributed by atoms with van der Waals surface area (Å²) in [6.45, 7) is 11.8. The first-order valence-corrected chi connectivity index (χ1v) is 19.9. The zero-order valence-corrected chi connectivity index (χ0v) is 31.8. The van der Waals surface area contributed by atoms with Crippen molar-refractivity contribution < 1.29 is 32.4 Å². The van der Waals surface area contributed by atoms with Crippen LogP contribution in [0.4, 0.5) is 4.79 Å². The summed E-state index contributed by atoms with van der Waals surface area (Å²) < 4.78 is 26.4. The van der Waals surface area contributed by atoms with E-state index >= 15 is 0 Å². The summed E-state index contributed by atoms with van der Waals surface area (Å²) in [4.78, 5) is 69.1. The number of hydrogen-bond acceptors (Lipinski definition) is 7. The van der Waals surface area contributed by atoms with Gasteiger partial charge in [0.2, 0.25) is 27.6 Å². The van der Waals surface area contributed by atoms with E-state index in [2.05, 4.69) is 29.8 Å². The van der Waals surface area contributed by atoms with Crippen LogP contribution in [0.2, 0.25) is 0 Å². The number of rotatable bonds is 14. The number of amides is 5. The number of nitrogens with zero attached hydrogens (tertiary/aromatic N) is 2. The van der Waals surface area contributed by atoms with Gasteiger partial charge in [0.1, 0.15) is 12.1 Å². The molecule has 282 valence electrons. The highest BCUT2D eigenvalue weighted by Crippen LogP contribution is 2.65. The third-order valence-electron chi connectivity index (χ3n) is 12.2. The SMILES string of the molecule is CCS(=O)(=O)N(C)C[C@@H](NC(=O)N[C@H](C(=O)N1C[C@H]2[C@@H]([C@H]1C(=O)NC(CC1CCC1)C(=O)C(N)=O)C2(C)C)C1Cc2ccccc2C1)C(C)(C)C.